The summed E-state index contributed by atoms with van der Waals surface area (Å²) in [5.41, 5.74) is 8.61. The van der Waals surface area contributed by atoms with Crippen LogP contribution in [0.2, 0.25) is 0 Å². The van der Waals surface area contributed by atoms with Crippen molar-refractivity contribution in [1.29, 1.82) is 0 Å². The second-order valence-electron chi connectivity index (χ2n) is 17.6. The standard InChI is InChI=1S/2C29H25.C3H6.2ClH.Zr/c2*1-2-9-20(10-3-1)24-18-23-13-8-16-27(28(23)19-24)29-25-14-6-4-11-21(25)17-22-12-5-7-15-26(22)29;1-3-2;;;/h2*4-8,11-20H,1-3,9-10H2;1-3H2;2*1H;/q2*-1;-2;;;+2/p-2. The van der Waals surface area contributed by atoms with Gasteiger partial charge in [0, 0.05) is 0 Å². The number of fused-ring (bicyclic) bond motifs is 6. The van der Waals surface area contributed by atoms with Crippen LogP contribution in [-0.2, 0) is 26.2 Å². The molecule has 2 aliphatic carbocycles. The van der Waals surface area contributed by atoms with Gasteiger partial charge in [-0.2, -0.15) is 12.1 Å². The molecule has 0 saturated heterocycles. The maximum atomic E-state index is 3.38. The minimum Gasteiger partial charge on any atom is -1.00 e. The summed E-state index contributed by atoms with van der Waals surface area (Å²) < 4.78 is 0. The van der Waals surface area contributed by atoms with Crippen LogP contribution in [0.3, 0.4) is 0 Å². The molecular formula is C61H56Cl2Zr-4. The molecule has 10 aromatic rings. The molecule has 0 aromatic heterocycles. The molecule has 0 amide bonds. The van der Waals surface area contributed by atoms with Crippen molar-refractivity contribution in [3.8, 4) is 22.3 Å². The first-order valence-corrected chi connectivity index (χ1v) is 23.0. The predicted octanol–water partition coefficient (Wildman–Crippen LogP) is 12.2. The molecule has 64 heavy (non-hydrogen) atoms. The monoisotopic (exact) mass is 948 g/mol. The fraction of sp³-hybridized carbons (Fsp3) is 0.213. The maximum Gasteiger partial charge on any atom is 2.00 e. The van der Waals surface area contributed by atoms with Gasteiger partial charge in [-0.1, -0.05) is 159 Å². The van der Waals surface area contributed by atoms with E-state index < -0.39 is 0 Å². The van der Waals surface area contributed by atoms with E-state index in [0.29, 0.717) is 0 Å². The van der Waals surface area contributed by atoms with E-state index in [9.17, 15) is 0 Å². The number of halogens is 2. The number of hydrogen-bond donors (Lipinski definition) is 0. The van der Waals surface area contributed by atoms with Gasteiger partial charge >= 0.3 is 26.2 Å². The molecule has 2 saturated carbocycles. The Kier molecular flexibility index (Phi) is 16.0. The molecular weight excluding hydrogens is 895 g/mol. The normalized spacial score (nSPS) is 14.3. The first-order chi connectivity index (χ1) is 30.2. The van der Waals surface area contributed by atoms with Crippen LogP contribution in [0.25, 0.3) is 86.9 Å². The van der Waals surface area contributed by atoms with E-state index in [1.54, 1.807) is 11.1 Å². The van der Waals surface area contributed by atoms with Crippen molar-refractivity contribution in [3.63, 3.8) is 0 Å². The minimum atomic E-state index is 0. The van der Waals surface area contributed by atoms with Crippen LogP contribution >= 0.6 is 0 Å². The molecule has 0 spiro atoms. The number of benzene rings is 8. The molecule has 0 bridgehead atoms. The zero-order valence-corrected chi connectivity index (χ0v) is 40.7. The quantitative estimate of drug-likeness (QED) is 0.122. The first-order valence-electron chi connectivity index (χ1n) is 23.0. The minimum absolute atomic E-state index is 0. The van der Waals surface area contributed by atoms with Crippen LogP contribution in [0.15, 0.2) is 170 Å². The largest absolute Gasteiger partial charge is 2.00 e. The third-order valence-corrected chi connectivity index (χ3v) is 13.8. The van der Waals surface area contributed by atoms with Crippen LogP contribution in [0, 0.1) is 13.8 Å². The summed E-state index contributed by atoms with van der Waals surface area (Å²) >= 11 is 0. The van der Waals surface area contributed by atoms with E-state index >= 15 is 0 Å². The van der Waals surface area contributed by atoms with Crippen LogP contribution in [-0.4, -0.2) is 0 Å². The average molecular weight is 951 g/mol. The molecule has 12 rings (SSSR count). The van der Waals surface area contributed by atoms with Crippen molar-refractivity contribution in [2.24, 2.45) is 0 Å². The van der Waals surface area contributed by atoms with E-state index in [2.05, 4.69) is 184 Å². The van der Waals surface area contributed by atoms with Gasteiger partial charge in [0.05, 0.1) is 0 Å². The molecule has 0 atom stereocenters. The molecule has 0 radical (unpaired) electrons. The maximum absolute atomic E-state index is 3.38. The fourth-order valence-corrected chi connectivity index (χ4v) is 10.9. The van der Waals surface area contributed by atoms with E-state index in [1.807, 2.05) is 0 Å². The van der Waals surface area contributed by atoms with Crippen molar-refractivity contribution >= 4 is 64.6 Å². The van der Waals surface area contributed by atoms with Crippen LogP contribution < -0.4 is 24.8 Å². The van der Waals surface area contributed by atoms with Crippen molar-refractivity contribution in [2.45, 2.75) is 82.5 Å². The second-order valence-corrected chi connectivity index (χ2v) is 17.6. The van der Waals surface area contributed by atoms with Gasteiger partial charge < -0.3 is 45.1 Å². The second kappa shape index (κ2) is 21.6. The predicted molar refractivity (Wildman–Crippen MR) is 267 cm³/mol. The van der Waals surface area contributed by atoms with E-state index in [-0.39, 0.29) is 51.0 Å². The zero-order valence-electron chi connectivity index (χ0n) is 36.8. The Bertz CT molecular complexity index is 2800. The van der Waals surface area contributed by atoms with Gasteiger partial charge in [0.15, 0.2) is 0 Å². The van der Waals surface area contributed by atoms with Gasteiger partial charge in [0.1, 0.15) is 0 Å². The zero-order chi connectivity index (χ0) is 41.1. The van der Waals surface area contributed by atoms with Gasteiger partial charge in [-0.05, 0) is 104 Å². The van der Waals surface area contributed by atoms with Crippen LogP contribution in [0.4, 0.5) is 0 Å². The number of hydrogen-bond acceptors (Lipinski definition) is 0. The topological polar surface area (TPSA) is 0 Å². The van der Waals surface area contributed by atoms with Crippen LogP contribution in [0.5, 0.6) is 0 Å². The third kappa shape index (κ3) is 9.43. The van der Waals surface area contributed by atoms with Gasteiger partial charge in [0.2, 0.25) is 0 Å². The van der Waals surface area contributed by atoms with Gasteiger partial charge in [-0.3, -0.25) is 0 Å². The summed E-state index contributed by atoms with van der Waals surface area (Å²) in [5.74, 6) is 1.49. The Labute approximate surface area is 412 Å². The molecule has 0 nitrogen and oxygen atoms in total. The van der Waals surface area contributed by atoms with Gasteiger partial charge in [-0.25, -0.2) is 0 Å². The first kappa shape index (κ1) is 47.4. The van der Waals surface area contributed by atoms with Gasteiger partial charge in [-0.15, -0.1) is 69.1 Å². The van der Waals surface area contributed by atoms with E-state index in [1.165, 1.54) is 151 Å². The molecule has 0 heterocycles. The van der Waals surface area contributed by atoms with Crippen LogP contribution in [0.1, 0.15) is 93.6 Å². The Morgan fingerprint density at radius 1 is 0.375 bits per heavy atom. The Morgan fingerprint density at radius 3 is 1.02 bits per heavy atom. The van der Waals surface area contributed by atoms with Crippen molar-refractivity contribution in [3.05, 3.63) is 195 Å². The molecule has 10 aromatic carbocycles. The van der Waals surface area contributed by atoms with E-state index in [0.717, 1.165) is 18.3 Å². The summed E-state index contributed by atoms with van der Waals surface area (Å²) in [7, 11) is 0. The molecule has 3 heteroatoms. The summed E-state index contributed by atoms with van der Waals surface area (Å²) in [4.78, 5) is 0. The molecule has 2 fully saturated rings. The Balaban J connectivity index is 0.000000173. The van der Waals surface area contributed by atoms with E-state index in [4.69, 9.17) is 0 Å². The van der Waals surface area contributed by atoms with Crippen molar-refractivity contribution < 1.29 is 51.0 Å². The molecule has 0 aliphatic heterocycles. The van der Waals surface area contributed by atoms with Crippen molar-refractivity contribution in [1.82, 2.24) is 0 Å². The molecule has 0 unspecified atom stereocenters. The molecule has 2 aliphatic rings. The summed E-state index contributed by atoms with van der Waals surface area (Å²) in [6.07, 6.45) is 14.5. The fourth-order valence-electron chi connectivity index (χ4n) is 10.9. The summed E-state index contributed by atoms with van der Waals surface area (Å²) in [6, 6.07) is 63.6. The average Bonchev–Trinajstić information content (AvgIpc) is 3.97. The van der Waals surface area contributed by atoms with Crippen molar-refractivity contribution in [2.75, 3.05) is 0 Å². The van der Waals surface area contributed by atoms with Gasteiger partial charge in [0.25, 0.3) is 0 Å². The SMILES string of the molecule is [CH2-]C[CH2-].[Cl-].[Cl-].[Zr+2].c1ccc2c(-c3cccc4[cH-]c(C5CCCCC5)cc34)c3ccccc3cc2c1.c1ccc2c(-c3cccc4[cH-]c(C5CCCCC5)cc34)c3ccccc3cc2c1. The summed E-state index contributed by atoms with van der Waals surface area (Å²) in [6.45, 7) is 6.75. The smallest absolute Gasteiger partial charge is 1.00 e. The third-order valence-electron chi connectivity index (χ3n) is 13.8. The molecule has 0 N–H and O–H groups in total. The Hall–Kier alpha value is -4.52. The molecule has 322 valence electrons. The Morgan fingerprint density at radius 2 is 0.688 bits per heavy atom. The summed E-state index contributed by atoms with van der Waals surface area (Å²) in [5, 5.41) is 16.3. The number of rotatable bonds is 4.